The van der Waals surface area contributed by atoms with Gasteiger partial charge in [0.2, 0.25) is 0 Å². The minimum atomic E-state index is -0.454. The Morgan fingerprint density at radius 1 is 1.35 bits per heavy atom. The fourth-order valence-corrected chi connectivity index (χ4v) is 2.20. The van der Waals surface area contributed by atoms with Gasteiger partial charge in [0.05, 0.1) is 5.02 Å². The summed E-state index contributed by atoms with van der Waals surface area (Å²) in [6, 6.07) is 2.90. The van der Waals surface area contributed by atoms with Gasteiger partial charge in [-0.2, -0.15) is 0 Å². The molecule has 3 rings (SSSR count). The molecule has 3 aromatic heterocycles. The van der Waals surface area contributed by atoms with E-state index in [4.69, 9.17) is 11.6 Å². The van der Waals surface area contributed by atoms with Crippen molar-refractivity contribution in [2.75, 3.05) is 0 Å². The minimum Gasteiger partial charge on any atom is -0.304 e. The van der Waals surface area contributed by atoms with Gasteiger partial charge in [0, 0.05) is 42.8 Å². The number of nitrogens with zero attached hydrogens (tertiary/aromatic N) is 3. The molecule has 20 heavy (non-hydrogen) atoms. The lowest BCUT2D eigenvalue weighted by Gasteiger charge is -2.07. The van der Waals surface area contributed by atoms with Crippen LogP contribution < -0.4 is 0 Å². The quantitative estimate of drug-likeness (QED) is 0.679. The molecule has 0 radical (unpaired) electrons. The molecule has 0 atom stereocenters. The molecule has 100 valence electrons. The van der Waals surface area contributed by atoms with E-state index in [1.807, 2.05) is 0 Å². The Bertz CT molecular complexity index is 828. The van der Waals surface area contributed by atoms with Gasteiger partial charge in [0.25, 0.3) is 0 Å². The zero-order chi connectivity index (χ0) is 14.3. The van der Waals surface area contributed by atoms with Crippen LogP contribution in [0.5, 0.6) is 0 Å². The molecule has 0 aliphatic carbocycles. The molecule has 0 saturated carbocycles. The van der Waals surface area contributed by atoms with Crippen LogP contribution in [0.15, 0.2) is 36.9 Å². The van der Waals surface area contributed by atoms with E-state index >= 15 is 0 Å². The lowest BCUT2D eigenvalue weighted by molar-refractivity contribution is 0.101. The minimum absolute atomic E-state index is 0.174. The Morgan fingerprint density at radius 3 is 2.90 bits per heavy atom. The summed E-state index contributed by atoms with van der Waals surface area (Å²) < 4.78 is 15.5. The number of aromatic nitrogens is 3. The first-order valence-corrected chi connectivity index (χ1v) is 6.23. The van der Waals surface area contributed by atoms with E-state index in [1.54, 1.807) is 22.9 Å². The van der Waals surface area contributed by atoms with Crippen molar-refractivity contribution >= 4 is 23.0 Å². The van der Waals surface area contributed by atoms with Crippen molar-refractivity contribution in [3.63, 3.8) is 0 Å². The molecule has 0 aliphatic heterocycles. The number of hydrogen-bond donors (Lipinski definition) is 0. The second-order valence-corrected chi connectivity index (χ2v) is 4.75. The fraction of sp³-hybridized carbons (Fsp3) is 0.0714. The summed E-state index contributed by atoms with van der Waals surface area (Å²) >= 11 is 6.09. The second kappa shape index (κ2) is 4.68. The summed E-state index contributed by atoms with van der Waals surface area (Å²) in [4.78, 5) is 19.2. The van der Waals surface area contributed by atoms with Gasteiger partial charge in [-0.05, 0) is 12.1 Å². The lowest BCUT2D eigenvalue weighted by atomic mass is 10.1. The van der Waals surface area contributed by atoms with Crippen molar-refractivity contribution in [2.45, 2.75) is 6.92 Å². The maximum absolute atomic E-state index is 13.9. The molecule has 6 heteroatoms. The van der Waals surface area contributed by atoms with E-state index in [1.165, 1.54) is 25.4 Å². The summed E-state index contributed by atoms with van der Waals surface area (Å²) in [6.45, 7) is 1.42. The Balaban J connectivity index is 2.24. The zero-order valence-corrected chi connectivity index (χ0v) is 11.2. The fourth-order valence-electron chi connectivity index (χ4n) is 1.99. The molecule has 0 unspecified atom stereocenters. The third-order valence-electron chi connectivity index (χ3n) is 2.97. The van der Waals surface area contributed by atoms with Crippen molar-refractivity contribution in [3.8, 4) is 11.1 Å². The smallest absolute Gasteiger partial charge is 0.178 e. The molecule has 0 saturated heterocycles. The summed E-state index contributed by atoms with van der Waals surface area (Å²) in [6.07, 6.45) is 6.25. The van der Waals surface area contributed by atoms with Gasteiger partial charge in [-0.25, -0.2) is 9.37 Å². The van der Waals surface area contributed by atoms with Gasteiger partial charge in [-0.1, -0.05) is 11.6 Å². The highest BCUT2D eigenvalue weighted by atomic mass is 35.5. The van der Waals surface area contributed by atoms with Gasteiger partial charge < -0.3 is 4.40 Å². The van der Waals surface area contributed by atoms with Crippen molar-refractivity contribution in [3.05, 3.63) is 53.5 Å². The predicted octanol–water partition coefficient (Wildman–Crippen LogP) is 3.39. The van der Waals surface area contributed by atoms with Crippen LogP contribution in [-0.2, 0) is 0 Å². The number of pyridine rings is 2. The van der Waals surface area contributed by atoms with E-state index in [2.05, 4.69) is 9.97 Å². The third kappa shape index (κ3) is 2.06. The van der Waals surface area contributed by atoms with Crippen LogP contribution in [0.1, 0.15) is 17.4 Å². The van der Waals surface area contributed by atoms with E-state index in [9.17, 15) is 9.18 Å². The van der Waals surface area contributed by atoms with Crippen LogP contribution in [0, 0.1) is 5.82 Å². The number of ketones is 1. The predicted molar refractivity (Wildman–Crippen MR) is 73.4 cm³/mol. The number of imidazole rings is 1. The SMILES string of the molecule is CC(=O)c1cc(-c2cc(F)c3nccn3c2)c(Cl)cn1. The average Bonchev–Trinajstić information content (AvgIpc) is 2.87. The second-order valence-electron chi connectivity index (χ2n) is 4.34. The average molecular weight is 290 g/mol. The van der Waals surface area contributed by atoms with Gasteiger partial charge in [0.15, 0.2) is 17.2 Å². The molecule has 0 bridgehead atoms. The molecule has 3 heterocycles. The highest BCUT2D eigenvalue weighted by molar-refractivity contribution is 6.33. The van der Waals surface area contributed by atoms with Crippen LogP contribution in [0.3, 0.4) is 0 Å². The number of hydrogen-bond acceptors (Lipinski definition) is 3. The Labute approximate surface area is 118 Å². The Hall–Kier alpha value is -2.27. The first-order chi connectivity index (χ1) is 9.56. The van der Waals surface area contributed by atoms with Crippen molar-refractivity contribution in [1.29, 1.82) is 0 Å². The van der Waals surface area contributed by atoms with Crippen LogP contribution >= 0.6 is 11.6 Å². The number of rotatable bonds is 2. The molecule has 0 spiro atoms. The van der Waals surface area contributed by atoms with Crippen LogP contribution in [0.4, 0.5) is 4.39 Å². The molecule has 0 aromatic carbocycles. The van der Waals surface area contributed by atoms with Gasteiger partial charge in [-0.15, -0.1) is 0 Å². The number of carbonyl (C=O) groups excluding carboxylic acids is 1. The van der Waals surface area contributed by atoms with E-state index in [-0.39, 0.29) is 17.1 Å². The van der Waals surface area contributed by atoms with E-state index < -0.39 is 5.82 Å². The summed E-state index contributed by atoms with van der Waals surface area (Å²) in [7, 11) is 0. The molecular weight excluding hydrogens is 281 g/mol. The summed E-state index contributed by atoms with van der Waals surface area (Å²) in [5.74, 6) is -0.628. The highest BCUT2D eigenvalue weighted by Crippen LogP contribution is 2.29. The Morgan fingerprint density at radius 2 is 2.15 bits per heavy atom. The van der Waals surface area contributed by atoms with Gasteiger partial charge in [0.1, 0.15) is 5.69 Å². The van der Waals surface area contributed by atoms with Crippen LogP contribution in [0.25, 0.3) is 16.8 Å². The molecule has 4 nitrogen and oxygen atoms in total. The molecule has 3 aromatic rings. The van der Waals surface area contributed by atoms with Gasteiger partial charge in [-0.3, -0.25) is 9.78 Å². The molecule has 0 aliphatic rings. The van der Waals surface area contributed by atoms with Crippen molar-refractivity contribution < 1.29 is 9.18 Å². The van der Waals surface area contributed by atoms with Crippen LogP contribution in [0.2, 0.25) is 5.02 Å². The first kappa shape index (κ1) is 12.7. The lowest BCUT2D eigenvalue weighted by Crippen LogP contribution is -1.98. The number of carbonyl (C=O) groups is 1. The third-order valence-corrected chi connectivity index (χ3v) is 3.27. The summed E-state index contributed by atoms with van der Waals surface area (Å²) in [5.41, 5.74) is 1.64. The first-order valence-electron chi connectivity index (χ1n) is 5.85. The normalized spacial score (nSPS) is 10.9. The van der Waals surface area contributed by atoms with Crippen molar-refractivity contribution in [1.82, 2.24) is 14.4 Å². The number of halogens is 2. The summed E-state index contributed by atoms with van der Waals surface area (Å²) in [5, 5.41) is 0.355. The van der Waals surface area contributed by atoms with Crippen LogP contribution in [-0.4, -0.2) is 20.2 Å². The zero-order valence-electron chi connectivity index (χ0n) is 10.5. The number of fused-ring (bicyclic) bond motifs is 1. The topological polar surface area (TPSA) is 47.3 Å². The largest absolute Gasteiger partial charge is 0.304 e. The monoisotopic (exact) mass is 289 g/mol. The van der Waals surface area contributed by atoms with Crippen molar-refractivity contribution in [2.24, 2.45) is 0 Å². The van der Waals surface area contributed by atoms with Gasteiger partial charge >= 0.3 is 0 Å². The maximum atomic E-state index is 13.9. The molecular formula is C14H9ClFN3O. The molecule has 0 amide bonds. The number of Topliss-reactive ketones (excluding diaryl/α,β-unsaturated/α-hetero) is 1. The Kier molecular flexibility index (Phi) is 2.99. The molecule has 0 N–H and O–H groups in total. The maximum Gasteiger partial charge on any atom is 0.178 e. The van der Waals surface area contributed by atoms with E-state index in [0.29, 0.717) is 16.1 Å². The van der Waals surface area contributed by atoms with E-state index in [0.717, 1.165) is 0 Å². The standard InChI is InChI=1S/C14H9ClFN3O/c1-8(20)13-5-10(11(15)6-18-13)9-4-12(16)14-17-2-3-19(14)7-9/h2-7H,1H3. The highest BCUT2D eigenvalue weighted by Gasteiger charge is 2.12. The molecule has 0 fully saturated rings.